The third-order valence-corrected chi connectivity index (χ3v) is 2.69. The fourth-order valence-electron chi connectivity index (χ4n) is 1.95. The second-order valence-corrected chi connectivity index (χ2v) is 4.00. The van der Waals surface area contributed by atoms with E-state index in [1.165, 1.54) is 0 Å². The number of carbonyl (C=O) groups excluding carboxylic acids is 1. The Morgan fingerprint density at radius 2 is 2.29 bits per heavy atom. The van der Waals surface area contributed by atoms with Crippen LogP contribution >= 0.6 is 0 Å². The first-order valence-corrected chi connectivity index (χ1v) is 5.23. The number of hydrogen-bond acceptors (Lipinski definition) is 3. The molecule has 1 atom stereocenters. The van der Waals surface area contributed by atoms with Gasteiger partial charge in [0.2, 0.25) is 5.91 Å². The monoisotopic (exact) mass is 200 g/mol. The zero-order valence-corrected chi connectivity index (χ0v) is 9.07. The molecule has 1 heterocycles. The molecule has 0 radical (unpaired) electrons. The predicted octanol–water partition coefficient (Wildman–Crippen LogP) is -0.0786. The first-order valence-electron chi connectivity index (χ1n) is 5.23. The van der Waals surface area contributed by atoms with Gasteiger partial charge in [0.05, 0.1) is 6.04 Å². The van der Waals surface area contributed by atoms with E-state index >= 15 is 0 Å². The lowest BCUT2D eigenvalue weighted by atomic mass is 10.2. The number of aliphatic hydroxyl groups excluding tert-OH is 1. The van der Waals surface area contributed by atoms with E-state index in [-0.39, 0.29) is 18.6 Å². The average Bonchev–Trinajstić information content (AvgIpc) is 2.61. The van der Waals surface area contributed by atoms with Gasteiger partial charge < -0.3 is 10.0 Å². The van der Waals surface area contributed by atoms with E-state index in [9.17, 15) is 4.79 Å². The molecule has 0 saturated carbocycles. The van der Waals surface area contributed by atoms with Crippen LogP contribution in [0.5, 0.6) is 0 Å². The lowest BCUT2D eigenvalue weighted by Gasteiger charge is -2.25. The minimum atomic E-state index is 0.0524. The molecule has 0 aromatic rings. The molecule has 1 rings (SSSR count). The highest BCUT2D eigenvalue weighted by Crippen LogP contribution is 2.18. The summed E-state index contributed by atoms with van der Waals surface area (Å²) in [6, 6.07) is 0.0524. The molecular weight excluding hydrogens is 180 g/mol. The second-order valence-electron chi connectivity index (χ2n) is 4.00. The number of carbonyl (C=O) groups is 1. The third-order valence-electron chi connectivity index (χ3n) is 2.69. The van der Waals surface area contributed by atoms with Crippen LogP contribution < -0.4 is 0 Å². The smallest absolute Gasteiger partial charge is 0.239 e. The molecular formula is C10H20N2O2. The highest BCUT2D eigenvalue weighted by atomic mass is 16.3. The van der Waals surface area contributed by atoms with E-state index in [2.05, 4.69) is 4.90 Å². The van der Waals surface area contributed by atoms with Crippen molar-refractivity contribution in [2.45, 2.75) is 25.3 Å². The largest absolute Gasteiger partial charge is 0.396 e. The molecule has 0 aliphatic carbocycles. The zero-order valence-electron chi connectivity index (χ0n) is 9.07. The van der Waals surface area contributed by atoms with Crippen molar-refractivity contribution in [3.63, 3.8) is 0 Å². The van der Waals surface area contributed by atoms with Crippen LogP contribution in [-0.4, -0.2) is 60.6 Å². The van der Waals surface area contributed by atoms with Gasteiger partial charge in [0.15, 0.2) is 0 Å². The van der Waals surface area contributed by atoms with Crippen molar-refractivity contribution in [2.24, 2.45) is 0 Å². The van der Waals surface area contributed by atoms with E-state index < -0.39 is 0 Å². The van der Waals surface area contributed by atoms with E-state index in [0.29, 0.717) is 0 Å². The molecule has 1 amide bonds. The molecule has 0 aromatic carbocycles. The highest BCUT2D eigenvalue weighted by Gasteiger charge is 2.30. The van der Waals surface area contributed by atoms with E-state index in [0.717, 1.165) is 32.4 Å². The van der Waals surface area contributed by atoms with Crippen molar-refractivity contribution in [3.05, 3.63) is 0 Å². The van der Waals surface area contributed by atoms with Crippen LogP contribution in [0.1, 0.15) is 19.3 Å². The van der Waals surface area contributed by atoms with Crippen LogP contribution in [0.2, 0.25) is 0 Å². The summed E-state index contributed by atoms with van der Waals surface area (Å²) in [5, 5.41) is 8.74. The average molecular weight is 200 g/mol. The van der Waals surface area contributed by atoms with Gasteiger partial charge in [-0.25, -0.2) is 0 Å². The minimum Gasteiger partial charge on any atom is -0.396 e. The van der Waals surface area contributed by atoms with E-state index in [4.69, 9.17) is 5.11 Å². The number of likely N-dealkylation sites (N-methyl/N-ethyl adjacent to an activating group) is 1. The SMILES string of the molecule is CN(C)C(=O)C1CCCN1CCCO. The predicted molar refractivity (Wildman–Crippen MR) is 55.0 cm³/mol. The van der Waals surface area contributed by atoms with Crippen molar-refractivity contribution < 1.29 is 9.90 Å². The van der Waals surface area contributed by atoms with Crippen LogP contribution in [0, 0.1) is 0 Å². The summed E-state index contributed by atoms with van der Waals surface area (Å²) in [5.41, 5.74) is 0. The molecule has 1 fully saturated rings. The summed E-state index contributed by atoms with van der Waals surface area (Å²) in [6.07, 6.45) is 2.81. The van der Waals surface area contributed by atoms with Gasteiger partial charge in [-0.2, -0.15) is 0 Å². The van der Waals surface area contributed by atoms with Crippen LogP contribution in [0.4, 0.5) is 0 Å². The quantitative estimate of drug-likeness (QED) is 0.690. The van der Waals surface area contributed by atoms with Gasteiger partial charge in [0.1, 0.15) is 0 Å². The van der Waals surface area contributed by atoms with Gasteiger partial charge >= 0.3 is 0 Å². The molecule has 1 N–H and O–H groups in total. The van der Waals surface area contributed by atoms with Gasteiger partial charge in [-0.3, -0.25) is 9.69 Å². The first kappa shape index (κ1) is 11.5. The molecule has 14 heavy (non-hydrogen) atoms. The summed E-state index contributed by atoms with van der Waals surface area (Å²) in [6.45, 7) is 2.03. The van der Waals surface area contributed by atoms with E-state index in [1.54, 1.807) is 19.0 Å². The fourth-order valence-corrected chi connectivity index (χ4v) is 1.95. The van der Waals surface area contributed by atoms with Gasteiger partial charge in [0.25, 0.3) is 0 Å². The van der Waals surface area contributed by atoms with Gasteiger partial charge in [-0.05, 0) is 25.8 Å². The Kier molecular flexibility index (Phi) is 4.35. The van der Waals surface area contributed by atoms with Gasteiger partial charge in [-0.1, -0.05) is 0 Å². The lowest BCUT2D eigenvalue weighted by Crippen LogP contribution is -2.43. The molecule has 0 spiro atoms. The molecule has 82 valence electrons. The van der Waals surface area contributed by atoms with Gasteiger partial charge in [-0.15, -0.1) is 0 Å². The summed E-state index contributed by atoms with van der Waals surface area (Å²) < 4.78 is 0. The number of rotatable bonds is 4. The standard InChI is InChI=1S/C10H20N2O2/c1-11(2)10(14)9-5-3-6-12(9)7-4-8-13/h9,13H,3-8H2,1-2H3. The number of hydrogen-bond donors (Lipinski definition) is 1. The maximum absolute atomic E-state index is 11.7. The minimum absolute atomic E-state index is 0.0524. The number of likely N-dealkylation sites (tertiary alicyclic amines) is 1. The molecule has 0 aromatic heterocycles. The molecule has 1 aliphatic rings. The Morgan fingerprint density at radius 1 is 1.57 bits per heavy atom. The Bertz CT molecular complexity index is 195. The lowest BCUT2D eigenvalue weighted by molar-refractivity contribution is -0.133. The topological polar surface area (TPSA) is 43.8 Å². The fraction of sp³-hybridized carbons (Fsp3) is 0.900. The molecule has 4 nitrogen and oxygen atoms in total. The highest BCUT2D eigenvalue weighted by molar-refractivity contribution is 5.81. The summed E-state index contributed by atoms with van der Waals surface area (Å²) in [7, 11) is 3.59. The second kappa shape index (κ2) is 5.32. The zero-order chi connectivity index (χ0) is 10.6. The first-order chi connectivity index (χ1) is 6.66. The Labute approximate surface area is 85.5 Å². The molecule has 1 unspecified atom stereocenters. The summed E-state index contributed by atoms with van der Waals surface area (Å²) >= 11 is 0. The third kappa shape index (κ3) is 2.69. The Morgan fingerprint density at radius 3 is 2.86 bits per heavy atom. The van der Waals surface area contributed by atoms with Crippen molar-refractivity contribution in [2.75, 3.05) is 33.8 Å². The molecule has 1 saturated heterocycles. The van der Waals surface area contributed by atoms with Crippen molar-refractivity contribution in [1.82, 2.24) is 9.80 Å². The van der Waals surface area contributed by atoms with Crippen molar-refractivity contribution in [1.29, 1.82) is 0 Å². The number of aliphatic hydroxyl groups is 1. The Hall–Kier alpha value is -0.610. The molecule has 1 aliphatic heterocycles. The Balaban J connectivity index is 2.46. The van der Waals surface area contributed by atoms with Crippen molar-refractivity contribution >= 4 is 5.91 Å². The number of amides is 1. The van der Waals surface area contributed by atoms with Crippen LogP contribution in [0.25, 0.3) is 0 Å². The molecule has 4 heteroatoms. The molecule has 0 bridgehead atoms. The van der Waals surface area contributed by atoms with Crippen LogP contribution in [0.3, 0.4) is 0 Å². The van der Waals surface area contributed by atoms with Crippen LogP contribution in [-0.2, 0) is 4.79 Å². The number of nitrogens with zero attached hydrogens (tertiary/aromatic N) is 2. The summed E-state index contributed by atoms with van der Waals surface area (Å²) in [5.74, 6) is 0.195. The maximum atomic E-state index is 11.7. The van der Waals surface area contributed by atoms with Gasteiger partial charge in [0, 0.05) is 27.2 Å². The van der Waals surface area contributed by atoms with Crippen LogP contribution in [0.15, 0.2) is 0 Å². The maximum Gasteiger partial charge on any atom is 0.239 e. The van der Waals surface area contributed by atoms with Crippen molar-refractivity contribution in [3.8, 4) is 0 Å². The summed E-state index contributed by atoms with van der Waals surface area (Å²) in [4.78, 5) is 15.6. The normalized spacial score (nSPS) is 22.6. The van der Waals surface area contributed by atoms with E-state index in [1.807, 2.05) is 0 Å².